The van der Waals surface area contributed by atoms with Crippen LogP contribution in [0.5, 0.6) is 5.75 Å². The van der Waals surface area contributed by atoms with Gasteiger partial charge >= 0.3 is 0 Å². The summed E-state index contributed by atoms with van der Waals surface area (Å²) >= 11 is 0. The number of nitrogens with one attached hydrogen (secondary N) is 1. The van der Waals surface area contributed by atoms with E-state index in [1.807, 2.05) is 51.1 Å². The molecule has 230 valence electrons. The summed E-state index contributed by atoms with van der Waals surface area (Å²) in [6.07, 6.45) is 5.12. The molecular formula is C34H43N3O5S. The minimum Gasteiger partial charge on any atom is -0.495 e. The van der Waals surface area contributed by atoms with E-state index in [1.165, 1.54) is 24.1 Å². The van der Waals surface area contributed by atoms with Crippen LogP contribution in [-0.2, 0) is 26.2 Å². The zero-order chi connectivity index (χ0) is 31.1. The highest BCUT2D eigenvalue weighted by molar-refractivity contribution is 7.92. The van der Waals surface area contributed by atoms with Crippen molar-refractivity contribution in [1.29, 1.82) is 0 Å². The second kappa shape index (κ2) is 14.1. The number of hydrogen-bond donors (Lipinski definition) is 1. The number of amides is 2. The van der Waals surface area contributed by atoms with Crippen LogP contribution in [-0.4, -0.2) is 50.9 Å². The molecule has 0 spiro atoms. The van der Waals surface area contributed by atoms with Gasteiger partial charge in [0.25, 0.3) is 10.0 Å². The molecule has 0 unspecified atom stereocenters. The molecule has 1 saturated carbocycles. The minimum atomic E-state index is -4.19. The standard InChI is InChI=1S/C34H43N3O5S/c1-24-15-18-30(19-16-24)43(40,41)37(31-21-25(2)17-20-32(31)42-5)23-33(38)36(22-28-12-10-9-11-26(28)3)27(4)34(39)35-29-13-7-6-8-14-29/h9-12,15-21,27,29H,6-8,13-14,22-23H2,1-5H3,(H,35,39)/t27-/m0/s1. The first-order valence-electron chi connectivity index (χ1n) is 14.9. The number of anilines is 1. The quantitative estimate of drug-likeness (QED) is 0.303. The Morgan fingerprint density at radius 3 is 2.23 bits per heavy atom. The van der Waals surface area contributed by atoms with E-state index in [-0.39, 0.29) is 29.1 Å². The van der Waals surface area contributed by atoms with Gasteiger partial charge in [-0.15, -0.1) is 0 Å². The number of carbonyl (C=O) groups excluding carboxylic acids is 2. The maximum atomic E-state index is 14.3. The molecule has 0 bridgehead atoms. The molecule has 0 heterocycles. The second-order valence-corrected chi connectivity index (χ2v) is 13.3. The highest BCUT2D eigenvalue weighted by Crippen LogP contribution is 2.34. The molecule has 8 nitrogen and oxygen atoms in total. The molecule has 0 radical (unpaired) electrons. The van der Waals surface area contributed by atoms with E-state index < -0.39 is 28.5 Å². The van der Waals surface area contributed by atoms with Crippen LogP contribution in [0.25, 0.3) is 0 Å². The Labute approximate surface area is 256 Å². The summed E-state index contributed by atoms with van der Waals surface area (Å²) in [6.45, 7) is 7.04. The third kappa shape index (κ3) is 7.76. The molecule has 1 aliphatic rings. The molecule has 3 aromatic carbocycles. The van der Waals surface area contributed by atoms with E-state index in [1.54, 1.807) is 31.2 Å². The number of aryl methyl sites for hydroxylation is 3. The van der Waals surface area contributed by atoms with Gasteiger partial charge in [-0.2, -0.15) is 0 Å². The Balaban J connectivity index is 1.74. The van der Waals surface area contributed by atoms with Crippen molar-refractivity contribution < 1.29 is 22.7 Å². The lowest BCUT2D eigenvalue weighted by Crippen LogP contribution is -2.53. The lowest BCUT2D eigenvalue weighted by Gasteiger charge is -2.34. The summed E-state index contributed by atoms with van der Waals surface area (Å²) in [5.41, 5.74) is 3.84. The summed E-state index contributed by atoms with van der Waals surface area (Å²) < 4.78 is 35.0. The summed E-state index contributed by atoms with van der Waals surface area (Å²) in [4.78, 5) is 29.4. The van der Waals surface area contributed by atoms with Crippen LogP contribution in [0.15, 0.2) is 71.6 Å². The fourth-order valence-corrected chi connectivity index (χ4v) is 6.88. The molecule has 9 heteroatoms. The van der Waals surface area contributed by atoms with Gasteiger partial charge in [-0.1, -0.05) is 67.3 Å². The van der Waals surface area contributed by atoms with Crippen LogP contribution >= 0.6 is 0 Å². The summed E-state index contributed by atoms with van der Waals surface area (Å²) in [6, 6.07) is 18.7. The van der Waals surface area contributed by atoms with Crippen LogP contribution in [0.4, 0.5) is 5.69 Å². The smallest absolute Gasteiger partial charge is 0.264 e. The summed E-state index contributed by atoms with van der Waals surface area (Å²) in [5.74, 6) is -0.411. The zero-order valence-electron chi connectivity index (χ0n) is 25.8. The van der Waals surface area contributed by atoms with Gasteiger partial charge in [0.1, 0.15) is 18.3 Å². The number of methoxy groups -OCH3 is 1. The van der Waals surface area contributed by atoms with Crippen LogP contribution in [0, 0.1) is 20.8 Å². The van der Waals surface area contributed by atoms with Crippen molar-refractivity contribution in [2.45, 2.75) is 83.3 Å². The summed E-state index contributed by atoms with van der Waals surface area (Å²) in [5, 5.41) is 3.14. The number of ether oxygens (including phenoxy) is 1. The van der Waals surface area contributed by atoms with Gasteiger partial charge in [0, 0.05) is 12.6 Å². The van der Waals surface area contributed by atoms with E-state index in [0.29, 0.717) is 5.75 Å². The van der Waals surface area contributed by atoms with Crippen molar-refractivity contribution in [2.75, 3.05) is 18.0 Å². The lowest BCUT2D eigenvalue weighted by molar-refractivity contribution is -0.139. The summed E-state index contributed by atoms with van der Waals surface area (Å²) in [7, 11) is -2.73. The van der Waals surface area contributed by atoms with E-state index in [2.05, 4.69) is 5.32 Å². The molecule has 1 N–H and O–H groups in total. The Morgan fingerprint density at radius 1 is 0.930 bits per heavy atom. The number of nitrogens with zero attached hydrogens (tertiary/aromatic N) is 2. The first-order chi connectivity index (χ1) is 20.5. The predicted octanol–water partition coefficient (Wildman–Crippen LogP) is 5.68. The van der Waals surface area contributed by atoms with Gasteiger partial charge in [-0.3, -0.25) is 13.9 Å². The Hall–Kier alpha value is -3.85. The number of rotatable bonds is 11. The monoisotopic (exact) mass is 605 g/mol. The number of sulfonamides is 1. The average Bonchev–Trinajstić information content (AvgIpc) is 2.99. The van der Waals surface area contributed by atoms with E-state index in [0.717, 1.165) is 58.7 Å². The minimum absolute atomic E-state index is 0.0583. The van der Waals surface area contributed by atoms with Gasteiger partial charge in [0.15, 0.2) is 0 Å². The second-order valence-electron chi connectivity index (χ2n) is 11.5. The predicted molar refractivity (Wildman–Crippen MR) is 170 cm³/mol. The lowest BCUT2D eigenvalue weighted by atomic mass is 9.95. The number of benzene rings is 3. The first-order valence-corrected chi connectivity index (χ1v) is 16.3. The van der Waals surface area contributed by atoms with E-state index in [9.17, 15) is 18.0 Å². The van der Waals surface area contributed by atoms with Gasteiger partial charge in [0.05, 0.1) is 17.7 Å². The highest BCUT2D eigenvalue weighted by atomic mass is 32.2. The maximum absolute atomic E-state index is 14.3. The molecule has 1 atom stereocenters. The van der Waals surface area contributed by atoms with Gasteiger partial charge in [-0.25, -0.2) is 8.42 Å². The topological polar surface area (TPSA) is 96.0 Å². The van der Waals surface area contributed by atoms with Gasteiger partial charge in [-0.05, 0) is 81.5 Å². The van der Waals surface area contributed by atoms with Crippen molar-refractivity contribution in [3.8, 4) is 5.75 Å². The first kappa shape index (κ1) is 32.1. The Morgan fingerprint density at radius 2 is 1.58 bits per heavy atom. The van der Waals surface area contributed by atoms with Gasteiger partial charge in [0.2, 0.25) is 11.8 Å². The maximum Gasteiger partial charge on any atom is 0.264 e. The third-order valence-corrected chi connectivity index (χ3v) is 9.99. The largest absolute Gasteiger partial charge is 0.495 e. The molecule has 4 rings (SSSR count). The van der Waals surface area contributed by atoms with Crippen molar-refractivity contribution >= 4 is 27.5 Å². The molecule has 0 saturated heterocycles. The molecular weight excluding hydrogens is 562 g/mol. The number of carbonyl (C=O) groups is 2. The van der Waals surface area contributed by atoms with Gasteiger partial charge < -0.3 is 15.0 Å². The molecule has 0 aromatic heterocycles. The SMILES string of the molecule is COc1ccc(C)cc1N(CC(=O)N(Cc1ccccc1C)[C@@H](C)C(=O)NC1CCCCC1)S(=O)(=O)c1ccc(C)cc1. The van der Waals surface area contributed by atoms with Crippen molar-refractivity contribution in [3.63, 3.8) is 0 Å². The highest BCUT2D eigenvalue weighted by Gasteiger charge is 2.34. The number of hydrogen-bond acceptors (Lipinski definition) is 5. The van der Waals surface area contributed by atoms with Crippen molar-refractivity contribution in [2.24, 2.45) is 0 Å². The fraction of sp³-hybridized carbons (Fsp3) is 0.412. The van der Waals surface area contributed by atoms with E-state index >= 15 is 0 Å². The molecule has 0 aliphatic heterocycles. The van der Waals surface area contributed by atoms with Crippen molar-refractivity contribution in [3.05, 3.63) is 89.0 Å². The molecule has 2 amide bonds. The Kier molecular flexibility index (Phi) is 10.5. The normalized spacial score (nSPS) is 14.5. The third-order valence-electron chi connectivity index (χ3n) is 8.21. The molecule has 1 aliphatic carbocycles. The molecule has 1 fully saturated rings. The van der Waals surface area contributed by atoms with Crippen LogP contribution < -0.4 is 14.4 Å². The Bertz CT molecular complexity index is 1530. The zero-order valence-corrected chi connectivity index (χ0v) is 26.6. The van der Waals surface area contributed by atoms with Crippen molar-refractivity contribution in [1.82, 2.24) is 10.2 Å². The average molecular weight is 606 g/mol. The van der Waals surface area contributed by atoms with E-state index in [4.69, 9.17) is 4.74 Å². The molecule has 3 aromatic rings. The van der Waals surface area contributed by atoms with Crippen LogP contribution in [0.3, 0.4) is 0 Å². The fourth-order valence-electron chi connectivity index (χ4n) is 5.47. The molecule has 43 heavy (non-hydrogen) atoms. The van der Waals surface area contributed by atoms with Crippen LogP contribution in [0.2, 0.25) is 0 Å². The van der Waals surface area contributed by atoms with Crippen LogP contribution in [0.1, 0.15) is 61.3 Å².